The Morgan fingerprint density at radius 1 is 0.889 bits per heavy atom. The maximum Gasteiger partial charge on any atom is 0.0231 e. The van der Waals surface area contributed by atoms with Gasteiger partial charge in [0.2, 0.25) is 0 Å². The molecule has 0 amide bonds. The van der Waals surface area contributed by atoms with Gasteiger partial charge in [0.15, 0.2) is 0 Å². The van der Waals surface area contributed by atoms with Crippen LogP contribution >= 0.6 is 12.6 Å². The van der Waals surface area contributed by atoms with Crippen molar-refractivity contribution in [1.29, 1.82) is 0 Å². The van der Waals surface area contributed by atoms with E-state index >= 15 is 0 Å². The molecule has 0 aliphatic rings. The first-order valence-electron chi connectivity index (χ1n) is 6.23. The van der Waals surface area contributed by atoms with Gasteiger partial charge in [0.25, 0.3) is 0 Å². The van der Waals surface area contributed by atoms with Gasteiger partial charge >= 0.3 is 0 Å². The summed E-state index contributed by atoms with van der Waals surface area (Å²) in [5.74, 6) is 0.901. The van der Waals surface area contributed by atoms with Crippen LogP contribution in [0.25, 0.3) is 11.1 Å². The standard InChI is InChI=1S/C16H19NS/c1-17(11-12-18)13-14-7-9-16(10-8-14)15-5-3-2-4-6-15/h2-10,18H,11-13H2,1H3. The molecule has 0 unspecified atom stereocenters. The summed E-state index contributed by atoms with van der Waals surface area (Å²) < 4.78 is 0. The highest BCUT2D eigenvalue weighted by Crippen LogP contribution is 2.19. The number of rotatable bonds is 5. The van der Waals surface area contributed by atoms with Gasteiger partial charge in [0.05, 0.1) is 0 Å². The van der Waals surface area contributed by atoms with Crippen LogP contribution in [-0.2, 0) is 6.54 Å². The maximum atomic E-state index is 4.25. The molecule has 0 atom stereocenters. The van der Waals surface area contributed by atoms with Crippen LogP contribution in [-0.4, -0.2) is 24.2 Å². The minimum atomic E-state index is 0.901. The fourth-order valence-corrected chi connectivity index (χ4v) is 2.34. The van der Waals surface area contributed by atoms with Gasteiger partial charge in [-0.1, -0.05) is 54.6 Å². The average Bonchev–Trinajstić information content (AvgIpc) is 2.41. The van der Waals surface area contributed by atoms with Crippen molar-refractivity contribution in [3.05, 3.63) is 60.2 Å². The third-order valence-electron chi connectivity index (χ3n) is 3.00. The van der Waals surface area contributed by atoms with Crippen molar-refractivity contribution in [2.45, 2.75) is 6.54 Å². The molecule has 0 radical (unpaired) electrons. The molecule has 0 N–H and O–H groups in total. The predicted octanol–water partition coefficient (Wildman–Crippen LogP) is 3.72. The first-order chi connectivity index (χ1) is 8.79. The predicted molar refractivity (Wildman–Crippen MR) is 82.1 cm³/mol. The topological polar surface area (TPSA) is 3.24 Å². The SMILES string of the molecule is CN(CCS)Cc1ccc(-c2ccccc2)cc1. The lowest BCUT2D eigenvalue weighted by Crippen LogP contribution is -2.19. The van der Waals surface area contributed by atoms with E-state index in [1.165, 1.54) is 16.7 Å². The van der Waals surface area contributed by atoms with Crippen molar-refractivity contribution in [2.75, 3.05) is 19.3 Å². The Balaban J connectivity index is 2.06. The molecular weight excluding hydrogens is 238 g/mol. The third-order valence-corrected chi connectivity index (χ3v) is 3.20. The van der Waals surface area contributed by atoms with Gasteiger partial charge in [0.1, 0.15) is 0 Å². The maximum absolute atomic E-state index is 4.25. The van der Waals surface area contributed by atoms with E-state index in [-0.39, 0.29) is 0 Å². The largest absolute Gasteiger partial charge is 0.301 e. The van der Waals surface area contributed by atoms with Crippen molar-refractivity contribution in [1.82, 2.24) is 4.90 Å². The highest BCUT2D eigenvalue weighted by atomic mass is 32.1. The highest BCUT2D eigenvalue weighted by Gasteiger charge is 2.00. The lowest BCUT2D eigenvalue weighted by molar-refractivity contribution is 0.349. The minimum Gasteiger partial charge on any atom is -0.301 e. The van der Waals surface area contributed by atoms with E-state index in [4.69, 9.17) is 0 Å². The summed E-state index contributed by atoms with van der Waals surface area (Å²) in [6.07, 6.45) is 0. The molecule has 0 saturated carbocycles. The van der Waals surface area contributed by atoms with Gasteiger partial charge in [-0.05, 0) is 23.7 Å². The van der Waals surface area contributed by atoms with Crippen LogP contribution in [0.4, 0.5) is 0 Å². The second kappa shape index (κ2) is 6.62. The molecule has 1 nitrogen and oxygen atoms in total. The molecule has 94 valence electrons. The number of hydrogen-bond donors (Lipinski definition) is 1. The Morgan fingerprint density at radius 2 is 1.50 bits per heavy atom. The molecule has 0 aliphatic heterocycles. The van der Waals surface area contributed by atoms with Gasteiger partial charge in [0, 0.05) is 18.8 Å². The monoisotopic (exact) mass is 257 g/mol. The molecule has 2 aromatic carbocycles. The van der Waals surface area contributed by atoms with E-state index in [0.29, 0.717) is 0 Å². The van der Waals surface area contributed by atoms with Gasteiger partial charge in [-0.3, -0.25) is 0 Å². The highest BCUT2D eigenvalue weighted by molar-refractivity contribution is 7.80. The van der Waals surface area contributed by atoms with Crippen molar-refractivity contribution in [2.24, 2.45) is 0 Å². The van der Waals surface area contributed by atoms with Gasteiger partial charge < -0.3 is 4.90 Å². The molecule has 2 heteroatoms. The molecule has 2 rings (SSSR count). The Hall–Kier alpha value is -1.25. The van der Waals surface area contributed by atoms with Crippen LogP contribution in [0.1, 0.15) is 5.56 Å². The van der Waals surface area contributed by atoms with Gasteiger partial charge in [-0.25, -0.2) is 0 Å². The second-order valence-electron chi connectivity index (χ2n) is 4.52. The Kier molecular flexibility index (Phi) is 4.85. The third kappa shape index (κ3) is 3.62. The number of benzene rings is 2. The van der Waals surface area contributed by atoms with Gasteiger partial charge in [-0.15, -0.1) is 0 Å². The zero-order valence-corrected chi connectivity index (χ0v) is 11.6. The second-order valence-corrected chi connectivity index (χ2v) is 4.97. The summed E-state index contributed by atoms with van der Waals surface area (Å²) in [4.78, 5) is 2.28. The molecule has 0 aliphatic carbocycles. The summed E-state index contributed by atoms with van der Waals surface area (Å²) in [5.41, 5.74) is 3.89. The van der Waals surface area contributed by atoms with Crippen LogP contribution in [0.2, 0.25) is 0 Å². The zero-order chi connectivity index (χ0) is 12.8. The molecule has 0 aromatic heterocycles. The average molecular weight is 257 g/mol. The zero-order valence-electron chi connectivity index (χ0n) is 10.7. The molecular formula is C16H19NS. The van der Waals surface area contributed by atoms with Crippen LogP contribution < -0.4 is 0 Å². The number of hydrogen-bond acceptors (Lipinski definition) is 2. The van der Waals surface area contributed by atoms with Crippen molar-refractivity contribution in [3.8, 4) is 11.1 Å². The van der Waals surface area contributed by atoms with E-state index in [9.17, 15) is 0 Å². The lowest BCUT2D eigenvalue weighted by Gasteiger charge is -2.15. The Morgan fingerprint density at radius 3 is 2.11 bits per heavy atom. The van der Waals surface area contributed by atoms with E-state index in [2.05, 4.69) is 73.1 Å². The fraction of sp³-hybridized carbons (Fsp3) is 0.250. The quantitative estimate of drug-likeness (QED) is 0.799. The molecule has 0 bridgehead atoms. The first-order valence-corrected chi connectivity index (χ1v) is 6.86. The van der Waals surface area contributed by atoms with Crippen molar-refractivity contribution < 1.29 is 0 Å². The molecule has 0 spiro atoms. The van der Waals surface area contributed by atoms with Crippen LogP contribution in [0, 0.1) is 0 Å². The fourth-order valence-electron chi connectivity index (χ4n) is 1.99. The molecule has 0 saturated heterocycles. The van der Waals surface area contributed by atoms with E-state index in [1.54, 1.807) is 0 Å². The Bertz CT molecular complexity index is 464. The van der Waals surface area contributed by atoms with Crippen LogP contribution in [0.3, 0.4) is 0 Å². The van der Waals surface area contributed by atoms with E-state index in [0.717, 1.165) is 18.8 Å². The number of thiol groups is 1. The van der Waals surface area contributed by atoms with Crippen LogP contribution in [0.15, 0.2) is 54.6 Å². The molecule has 0 heterocycles. The summed E-state index contributed by atoms with van der Waals surface area (Å²) in [5, 5.41) is 0. The lowest BCUT2D eigenvalue weighted by atomic mass is 10.0. The number of nitrogens with zero attached hydrogens (tertiary/aromatic N) is 1. The molecule has 2 aromatic rings. The minimum absolute atomic E-state index is 0.901. The normalized spacial score (nSPS) is 10.8. The van der Waals surface area contributed by atoms with Gasteiger partial charge in [-0.2, -0.15) is 12.6 Å². The molecule has 0 fully saturated rings. The first kappa shape index (κ1) is 13.2. The molecule has 18 heavy (non-hydrogen) atoms. The van der Waals surface area contributed by atoms with E-state index < -0.39 is 0 Å². The van der Waals surface area contributed by atoms with E-state index in [1.807, 2.05) is 6.07 Å². The van der Waals surface area contributed by atoms with Crippen molar-refractivity contribution >= 4 is 12.6 Å². The van der Waals surface area contributed by atoms with Crippen molar-refractivity contribution in [3.63, 3.8) is 0 Å². The smallest absolute Gasteiger partial charge is 0.0231 e. The summed E-state index contributed by atoms with van der Waals surface area (Å²) in [6.45, 7) is 2.00. The summed E-state index contributed by atoms with van der Waals surface area (Å²) in [7, 11) is 2.13. The summed E-state index contributed by atoms with van der Waals surface area (Å²) >= 11 is 4.25. The van der Waals surface area contributed by atoms with Crippen LogP contribution in [0.5, 0.6) is 0 Å². The Labute approximate surface area is 115 Å². The summed E-state index contributed by atoms with van der Waals surface area (Å²) in [6, 6.07) is 19.3.